The summed E-state index contributed by atoms with van der Waals surface area (Å²) in [5.41, 5.74) is 1.15. The standard InChI is InChI=1S/C12H10Br2ClNS/c1-16-6-8-2-3-11(17-8)12-9(13)4-7(15)5-10(12)14/h2-5,16H,6H2,1H3. The molecule has 1 aromatic heterocycles. The van der Waals surface area contributed by atoms with E-state index in [1.807, 2.05) is 19.2 Å². The van der Waals surface area contributed by atoms with Crippen LogP contribution in [0.15, 0.2) is 33.2 Å². The molecule has 1 nitrogen and oxygen atoms in total. The van der Waals surface area contributed by atoms with Gasteiger partial charge in [0, 0.05) is 35.8 Å². The van der Waals surface area contributed by atoms with Crippen molar-refractivity contribution < 1.29 is 0 Å². The largest absolute Gasteiger partial charge is 0.315 e. The van der Waals surface area contributed by atoms with Gasteiger partial charge in [0.2, 0.25) is 0 Å². The number of nitrogens with one attached hydrogen (secondary N) is 1. The van der Waals surface area contributed by atoms with Gasteiger partial charge in [-0.15, -0.1) is 11.3 Å². The van der Waals surface area contributed by atoms with Crippen molar-refractivity contribution in [3.63, 3.8) is 0 Å². The zero-order valence-electron chi connectivity index (χ0n) is 9.06. The van der Waals surface area contributed by atoms with Crippen LogP contribution in [0.2, 0.25) is 5.02 Å². The summed E-state index contributed by atoms with van der Waals surface area (Å²) in [6, 6.07) is 8.11. The SMILES string of the molecule is CNCc1ccc(-c2c(Br)cc(Cl)cc2Br)s1. The highest BCUT2D eigenvalue weighted by atomic mass is 79.9. The molecule has 0 saturated heterocycles. The maximum Gasteiger partial charge on any atom is 0.0428 e. The van der Waals surface area contributed by atoms with E-state index in [1.165, 1.54) is 9.75 Å². The highest BCUT2D eigenvalue weighted by molar-refractivity contribution is 9.11. The molecule has 0 unspecified atom stereocenters. The minimum atomic E-state index is 0.722. The molecule has 17 heavy (non-hydrogen) atoms. The van der Waals surface area contributed by atoms with E-state index in [0.29, 0.717) is 0 Å². The number of hydrogen-bond donors (Lipinski definition) is 1. The fourth-order valence-electron chi connectivity index (χ4n) is 1.56. The van der Waals surface area contributed by atoms with Crippen LogP contribution in [0.4, 0.5) is 0 Å². The van der Waals surface area contributed by atoms with Crippen LogP contribution in [-0.2, 0) is 6.54 Å². The second-order valence-electron chi connectivity index (χ2n) is 3.54. The molecule has 0 bridgehead atoms. The van der Waals surface area contributed by atoms with Gasteiger partial charge in [0.15, 0.2) is 0 Å². The van der Waals surface area contributed by atoms with Crippen LogP contribution < -0.4 is 5.32 Å². The number of halogens is 3. The molecule has 2 aromatic rings. The van der Waals surface area contributed by atoms with Crippen LogP contribution in [0.5, 0.6) is 0 Å². The molecule has 5 heteroatoms. The second kappa shape index (κ2) is 5.85. The molecule has 0 amide bonds. The van der Waals surface area contributed by atoms with Crippen molar-refractivity contribution in [2.45, 2.75) is 6.54 Å². The molecule has 1 N–H and O–H groups in total. The van der Waals surface area contributed by atoms with Crippen molar-refractivity contribution in [2.24, 2.45) is 0 Å². The monoisotopic (exact) mass is 393 g/mol. The quantitative estimate of drug-likeness (QED) is 0.742. The third-order valence-electron chi connectivity index (χ3n) is 2.27. The summed E-state index contributed by atoms with van der Waals surface area (Å²) in [5.74, 6) is 0. The first-order valence-electron chi connectivity index (χ1n) is 5.00. The van der Waals surface area contributed by atoms with Crippen LogP contribution >= 0.6 is 54.8 Å². The Labute approximate surface area is 126 Å². The Morgan fingerprint density at radius 2 is 1.88 bits per heavy atom. The lowest BCUT2D eigenvalue weighted by Gasteiger charge is -2.05. The minimum Gasteiger partial charge on any atom is -0.315 e. The Morgan fingerprint density at radius 3 is 2.47 bits per heavy atom. The molecular weight excluding hydrogens is 385 g/mol. The topological polar surface area (TPSA) is 12.0 Å². The molecule has 0 spiro atoms. The fourth-order valence-corrected chi connectivity index (χ4v) is 5.01. The van der Waals surface area contributed by atoms with Gasteiger partial charge >= 0.3 is 0 Å². The van der Waals surface area contributed by atoms with Crippen molar-refractivity contribution >= 4 is 54.8 Å². The fraction of sp³-hybridized carbons (Fsp3) is 0.167. The van der Waals surface area contributed by atoms with Crippen molar-refractivity contribution in [1.29, 1.82) is 0 Å². The molecule has 1 heterocycles. The highest BCUT2D eigenvalue weighted by Crippen LogP contribution is 2.40. The van der Waals surface area contributed by atoms with Gasteiger partial charge in [-0.3, -0.25) is 0 Å². The van der Waals surface area contributed by atoms with Crippen LogP contribution in [0.25, 0.3) is 10.4 Å². The van der Waals surface area contributed by atoms with E-state index in [1.54, 1.807) is 11.3 Å². The summed E-state index contributed by atoms with van der Waals surface area (Å²) in [6.07, 6.45) is 0. The van der Waals surface area contributed by atoms with Crippen molar-refractivity contribution in [2.75, 3.05) is 7.05 Å². The minimum absolute atomic E-state index is 0.722. The Hall–Kier alpha value is 0.130. The molecule has 0 radical (unpaired) electrons. The van der Waals surface area contributed by atoms with E-state index in [4.69, 9.17) is 11.6 Å². The molecule has 0 fully saturated rings. The van der Waals surface area contributed by atoms with Crippen LogP contribution in [0, 0.1) is 0 Å². The first-order valence-corrected chi connectivity index (χ1v) is 7.78. The molecule has 0 aliphatic heterocycles. The zero-order valence-corrected chi connectivity index (χ0v) is 13.8. The van der Waals surface area contributed by atoms with E-state index >= 15 is 0 Å². The van der Waals surface area contributed by atoms with Gasteiger partial charge in [-0.05, 0) is 31.3 Å². The lowest BCUT2D eigenvalue weighted by Crippen LogP contribution is -2.02. The summed E-state index contributed by atoms with van der Waals surface area (Å²) in [7, 11) is 1.95. The summed E-state index contributed by atoms with van der Waals surface area (Å²) >= 11 is 14.9. The van der Waals surface area contributed by atoms with E-state index in [0.717, 1.165) is 26.1 Å². The predicted molar refractivity (Wildman–Crippen MR) is 82.9 cm³/mol. The second-order valence-corrected chi connectivity index (χ2v) is 6.85. The molecule has 1 aromatic carbocycles. The van der Waals surface area contributed by atoms with Crippen LogP contribution in [0.1, 0.15) is 4.88 Å². The summed E-state index contributed by atoms with van der Waals surface area (Å²) in [6.45, 7) is 0.896. The van der Waals surface area contributed by atoms with Gasteiger partial charge in [0.05, 0.1) is 0 Å². The Bertz CT molecular complexity index is 516. The van der Waals surface area contributed by atoms with Crippen LogP contribution in [0.3, 0.4) is 0 Å². The maximum absolute atomic E-state index is 6.00. The number of rotatable bonds is 3. The lowest BCUT2D eigenvalue weighted by molar-refractivity contribution is 0.831. The summed E-state index contributed by atoms with van der Waals surface area (Å²) in [5, 5.41) is 3.87. The zero-order chi connectivity index (χ0) is 12.4. The Balaban J connectivity index is 2.45. The third kappa shape index (κ3) is 3.12. The van der Waals surface area contributed by atoms with Crippen LogP contribution in [-0.4, -0.2) is 7.05 Å². The van der Waals surface area contributed by atoms with E-state index in [2.05, 4.69) is 49.3 Å². The molecule has 0 saturated carbocycles. The van der Waals surface area contributed by atoms with Gasteiger partial charge in [-0.25, -0.2) is 0 Å². The summed E-state index contributed by atoms with van der Waals surface area (Å²) in [4.78, 5) is 2.54. The van der Waals surface area contributed by atoms with Gasteiger partial charge in [0.1, 0.15) is 0 Å². The van der Waals surface area contributed by atoms with Gasteiger partial charge in [0.25, 0.3) is 0 Å². The first-order chi connectivity index (χ1) is 8.11. The number of thiophene rings is 1. The van der Waals surface area contributed by atoms with Crippen molar-refractivity contribution in [3.05, 3.63) is 43.1 Å². The first kappa shape index (κ1) is 13.6. The molecule has 0 atom stereocenters. The number of hydrogen-bond acceptors (Lipinski definition) is 2. The molecule has 2 rings (SSSR count). The molecular formula is C12H10Br2ClNS. The van der Waals surface area contributed by atoms with Gasteiger partial charge < -0.3 is 5.32 Å². The molecule has 90 valence electrons. The highest BCUT2D eigenvalue weighted by Gasteiger charge is 2.11. The van der Waals surface area contributed by atoms with E-state index in [9.17, 15) is 0 Å². The number of benzene rings is 1. The van der Waals surface area contributed by atoms with Crippen molar-refractivity contribution in [1.82, 2.24) is 5.32 Å². The average molecular weight is 396 g/mol. The average Bonchev–Trinajstić information content (AvgIpc) is 2.65. The Kier molecular flexibility index (Phi) is 4.66. The molecule has 0 aliphatic carbocycles. The normalized spacial score (nSPS) is 10.8. The lowest BCUT2D eigenvalue weighted by atomic mass is 10.2. The summed E-state index contributed by atoms with van der Waals surface area (Å²) < 4.78 is 2.02. The van der Waals surface area contributed by atoms with Crippen molar-refractivity contribution in [3.8, 4) is 10.4 Å². The van der Waals surface area contributed by atoms with Gasteiger partial charge in [-0.2, -0.15) is 0 Å². The third-order valence-corrected chi connectivity index (χ3v) is 4.84. The van der Waals surface area contributed by atoms with E-state index in [-0.39, 0.29) is 0 Å². The predicted octanol–water partition coefficient (Wildman–Crippen LogP) is 5.31. The van der Waals surface area contributed by atoms with E-state index < -0.39 is 0 Å². The Morgan fingerprint density at radius 1 is 1.24 bits per heavy atom. The maximum atomic E-state index is 6.00. The smallest absolute Gasteiger partial charge is 0.0428 e. The van der Waals surface area contributed by atoms with Gasteiger partial charge in [-0.1, -0.05) is 43.5 Å². The molecule has 0 aliphatic rings.